The van der Waals surface area contributed by atoms with E-state index in [0.717, 1.165) is 17.9 Å². The van der Waals surface area contributed by atoms with Crippen LogP contribution in [0.5, 0.6) is 5.75 Å². The fraction of sp³-hybridized carbons (Fsp3) is 0.500. The van der Waals surface area contributed by atoms with Gasteiger partial charge in [-0.05, 0) is 36.9 Å². The first-order valence-electron chi connectivity index (χ1n) is 6.88. The van der Waals surface area contributed by atoms with Gasteiger partial charge in [0.05, 0.1) is 19.2 Å². The van der Waals surface area contributed by atoms with Crippen molar-refractivity contribution in [3.8, 4) is 17.6 Å². The summed E-state index contributed by atoms with van der Waals surface area (Å²) in [6, 6.07) is 6.92. The lowest BCUT2D eigenvalue weighted by molar-refractivity contribution is 0.254. The van der Waals surface area contributed by atoms with Gasteiger partial charge in [0.1, 0.15) is 5.75 Å². The van der Waals surface area contributed by atoms with Crippen molar-refractivity contribution < 1.29 is 4.74 Å². The molecule has 0 saturated carbocycles. The molecule has 2 N–H and O–H groups in total. The van der Waals surface area contributed by atoms with Gasteiger partial charge in [-0.3, -0.25) is 4.90 Å². The second-order valence-corrected chi connectivity index (χ2v) is 6.12. The molecule has 0 aliphatic carbocycles. The summed E-state index contributed by atoms with van der Waals surface area (Å²) in [6.45, 7) is 1.32. The molecule has 0 bridgehead atoms. The molecule has 1 aromatic carbocycles. The first-order valence-corrected chi connectivity index (χ1v) is 8.04. The lowest BCUT2D eigenvalue weighted by atomic mass is 10.1. The van der Waals surface area contributed by atoms with Crippen LogP contribution < -0.4 is 10.5 Å². The zero-order valence-corrected chi connectivity index (χ0v) is 13.0. The number of thioether (sulfide) groups is 1. The molecule has 1 aliphatic heterocycles. The van der Waals surface area contributed by atoms with E-state index in [9.17, 15) is 0 Å². The van der Waals surface area contributed by atoms with Gasteiger partial charge in [-0.2, -0.15) is 11.8 Å². The minimum Gasteiger partial charge on any atom is -0.495 e. The summed E-state index contributed by atoms with van der Waals surface area (Å²) in [7, 11) is 3.87. The van der Waals surface area contributed by atoms with Crippen LogP contribution in [-0.4, -0.2) is 43.1 Å². The topological polar surface area (TPSA) is 38.5 Å². The minimum atomic E-state index is 0.368. The summed E-state index contributed by atoms with van der Waals surface area (Å²) in [4.78, 5) is 2.43. The SMILES string of the molecule is COc1ccc(CN(C)C2CCSC2)cc1C#CCN. The number of ether oxygens (including phenoxy) is 1. The first-order chi connectivity index (χ1) is 9.74. The Kier molecular flexibility index (Phi) is 5.78. The fourth-order valence-corrected chi connectivity index (χ4v) is 3.68. The summed E-state index contributed by atoms with van der Waals surface area (Å²) in [5.41, 5.74) is 7.64. The van der Waals surface area contributed by atoms with Crippen molar-refractivity contribution in [2.24, 2.45) is 5.73 Å². The summed E-state index contributed by atoms with van der Waals surface area (Å²) >= 11 is 2.04. The number of benzene rings is 1. The molecule has 0 aromatic heterocycles. The third-order valence-electron chi connectivity index (χ3n) is 3.55. The Balaban J connectivity index is 2.11. The van der Waals surface area contributed by atoms with Gasteiger partial charge in [-0.1, -0.05) is 17.9 Å². The standard InChI is InChI=1S/C16H22N2OS/c1-18(15-7-9-20-12-15)11-13-5-6-16(19-2)14(10-13)4-3-8-17/h5-6,10,15H,7-9,11-12,17H2,1-2H3. The van der Waals surface area contributed by atoms with E-state index in [4.69, 9.17) is 10.5 Å². The maximum absolute atomic E-state index is 5.44. The van der Waals surface area contributed by atoms with Gasteiger partial charge in [-0.25, -0.2) is 0 Å². The van der Waals surface area contributed by atoms with Crippen molar-refractivity contribution >= 4 is 11.8 Å². The van der Waals surface area contributed by atoms with Crippen LogP contribution in [0.25, 0.3) is 0 Å². The van der Waals surface area contributed by atoms with Crippen LogP contribution in [0.4, 0.5) is 0 Å². The number of nitrogens with two attached hydrogens (primary N) is 1. The molecule has 1 heterocycles. The maximum atomic E-state index is 5.44. The Morgan fingerprint density at radius 1 is 1.50 bits per heavy atom. The van der Waals surface area contributed by atoms with Crippen LogP contribution in [0.2, 0.25) is 0 Å². The molecule has 108 valence electrons. The zero-order chi connectivity index (χ0) is 14.4. The highest BCUT2D eigenvalue weighted by atomic mass is 32.2. The van der Waals surface area contributed by atoms with Crippen molar-refractivity contribution in [3.63, 3.8) is 0 Å². The molecule has 2 rings (SSSR count). The van der Waals surface area contributed by atoms with Crippen molar-refractivity contribution in [2.75, 3.05) is 32.2 Å². The summed E-state index contributed by atoms with van der Waals surface area (Å²) in [5, 5.41) is 0. The lowest BCUT2D eigenvalue weighted by Crippen LogP contribution is -2.30. The van der Waals surface area contributed by atoms with Crippen LogP contribution in [-0.2, 0) is 6.54 Å². The van der Waals surface area contributed by atoms with Crippen molar-refractivity contribution in [1.29, 1.82) is 0 Å². The van der Waals surface area contributed by atoms with E-state index in [1.165, 1.54) is 23.5 Å². The number of rotatable bonds is 4. The second kappa shape index (κ2) is 7.58. The Labute approximate surface area is 125 Å². The van der Waals surface area contributed by atoms with Crippen molar-refractivity contribution in [3.05, 3.63) is 29.3 Å². The quantitative estimate of drug-likeness (QED) is 0.860. The molecule has 0 radical (unpaired) electrons. The molecule has 0 amide bonds. The van der Waals surface area contributed by atoms with E-state index in [0.29, 0.717) is 12.6 Å². The molecule has 1 aromatic rings. The molecule has 3 nitrogen and oxygen atoms in total. The summed E-state index contributed by atoms with van der Waals surface area (Å²) < 4.78 is 5.34. The molecule has 4 heteroatoms. The predicted octanol–water partition coefficient (Wildman–Crippen LogP) is 1.94. The van der Waals surface area contributed by atoms with Crippen molar-refractivity contribution in [2.45, 2.75) is 19.0 Å². The Bertz CT molecular complexity index is 501. The summed E-state index contributed by atoms with van der Waals surface area (Å²) in [5.74, 6) is 9.32. The predicted molar refractivity (Wildman–Crippen MR) is 86.1 cm³/mol. The van der Waals surface area contributed by atoms with E-state index in [1.807, 2.05) is 17.8 Å². The van der Waals surface area contributed by atoms with Crippen LogP contribution in [0.3, 0.4) is 0 Å². The van der Waals surface area contributed by atoms with Gasteiger partial charge >= 0.3 is 0 Å². The van der Waals surface area contributed by atoms with Crippen LogP contribution in [0.1, 0.15) is 17.5 Å². The van der Waals surface area contributed by atoms with Crippen LogP contribution in [0.15, 0.2) is 18.2 Å². The molecule has 0 spiro atoms. The molecule has 1 fully saturated rings. The fourth-order valence-electron chi connectivity index (χ4n) is 2.38. The first kappa shape index (κ1) is 15.2. The highest BCUT2D eigenvalue weighted by Gasteiger charge is 2.20. The third-order valence-corrected chi connectivity index (χ3v) is 4.69. The molecule has 1 saturated heterocycles. The number of methoxy groups -OCH3 is 1. The Morgan fingerprint density at radius 2 is 2.35 bits per heavy atom. The van der Waals surface area contributed by atoms with E-state index < -0.39 is 0 Å². The normalized spacial score (nSPS) is 17.9. The Morgan fingerprint density at radius 3 is 3.00 bits per heavy atom. The van der Waals surface area contributed by atoms with E-state index in [1.54, 1.807) is 7.11 Å². The molecule has 20 heavy (non-hydrogen) atoms. The Hall–Kier alpha value is -1.15. The second-order valence-electron chi connectivity index (χ2n) is 4.97. The van der Waals surface area contributed by atoms with E-state index >= 15 is 0 Å². The van der Waals surface area contributed by atoms with Crippen molar-refractivity contribution in [1.82, 2.24) is 4.90 Å². The summed E-state index contributed by atoms with van der Waals surface area (Å²) in [6.07, 6.45) is 1.29. The highest BCUT2D eigenvalue weighted by Crippen LogP contribution is 2.24. The van der Waals surface area contributed by atoms with Gasteiger partial charge in [0.15, 0.2) is 0 Å². The zero-order valence-electron chi connectivity index (χ0n) is 12.2. The molecule has 1 unspecified atom stereocenters. The highest BCUT2D eigenvalue weighted by molar-refractivity contribution is 7.99. The number of nitrogens with zero attached hydrogens (tertiary/aromatic N) is 1. The van der Waals surface area contributed by atoms with Gasteiger partial charge in [0, 0.05) is 18.3 Å². The molecule has 1 atom stereocenters. The van der Waals surface area contributed by atoms with Crippen LogP contribution >= 0.6 is 11.8 Å². The molecule has 1 aliphatic rings. The smallest absolute Gasteiger partial charge is 0.134 e. The average molecular weight is 290 g/mol. The molecular formula is C16H22N2OS. The van der Waals surface area contributed by atoms with E-state index in [2.05, 4.69) is 35.9 Å². The molecular weight excluding hydrogens is 268 g/mol. The largest absolute Gasteiger partial charge is 0.495 e. The third kappa shape index (κ3) is 3.92. The maximum Gasteiger partial charge on any atom is 0.134 e. The lowest BCUT2D eigenvalue weighted by Gasteiger charge is -2.23. The van der Waals surface area contributed by atoms with Gasteiger partial charge < -0.3 is 10.5 Å². The number of hydrogen-bond donors (Lipinski definition) is 1. The monoisotopic (exact) mass is 290 g/mol. The average Bonchev–Trinajstić information content (AvgIpc) is 2.99. The van der Waals surface area contributed by atoms with E-state index in [-0.39, 0.29) is 0 Å². The minimum absolute atomic E-state index is 0.368. The van der Waals surface area contributed by atoms with Crippen LogP contribution in [0, 0.1) is 11.8 Å². The van der Waals surface area contributed by atoms with Gasteiger partial charge in [-0.15, -0.1) is 0 Å². The number of hydrogen-bond acceptors (Lipinski definition) is 4. The van der Waals surface area contributed by atoms with Gasteiger partial charge in [0.2, 0.25) is 0 Å². The van der Waals surface area contributed by atoms with Gasteiger partial charge in [0.25, 0.3) is 0 Å².